The fourth-order valence-corrected chi connectivity index (χ4v) is 3.98. The highest BCUT2D eigenvalue weighted by atomic mass is 35.5. The number of thiophene rings is 1. The molecular formula is C12H17Cl2NOS. The third-order valence-corrected chi connectivity index (χ3v) is 4.89. The Morgan fingerprint density at radius 3 is 2.82 bits per heavy atom. The fourth-order valence-electron chi connectivity index (χ4n) is 2.34. The Bertz CT molecular complexity index is 383. The molecule has 0 amide bonds. The van der Waals surface area contributed by atoms with Crippen molar-refractivity contribution in [2.24, 2.45) is 5.92 Å². The average molecular weight is 294 g/mol. The Kier molecular flexibility index (Phi) is 4.72. The molecule has 0 bridgehead atoms. The Balaban J connectivity index is 1.85. The van der Waals surface area contributed by atoms with E-state index in [1.54, 1.807) is 0 Å². The maximum Gasteiger partial charge on any atom is 0.0991 e. The summed E-state index contributed by atoms with van der Waals surface area (Å²) in [6.45, 7) is 3.03. The van der Waals surface area contributed by atoms with Crippen molar-refractivity contribution in [3.05, 3.63) is 20.3 Å². The van der Waals surface area contributed by atoms with Gasteiger partial charge in [-0.1, -0.05) is 23.2 Å². The lowest BCUT2D eigenvalue weighted by molar-refractivity contribution is 0.177. The molecule has 17 heavy (non-hydrogen) atoms. The zero-order valence-corrected chi connectivity index (χ0v) is 12.1. The molecule has 0 saturated heterocycles. The monoisotopic (exact) mass is 293 g/mol. The summed E-state index contributed by atoms with van der Waals surface area (Å²) in [4.78, 5) is 0. The van der Waals surface area contributed by atoms with Crippen LogP contribution in [0.1, 0.15) is 37.8 Å². The predicted octanol–water partition coefficient (Wildman–Crippen LogP) is 3.87. The fraction of sp³-hybridized carbons (Fsp3) is 0.667. The number of hydrogen-bond acceptors (Lipinski definition) is 3. The molecule has 1 aromatic rings. The highest BCUT2D eigenvalue weighted by Gasteiger charge is 2.23. The molecule has 2 N–H and O–H groups in total. The molecule has 0 aliphatic heterocycles. The second-order valence-corrected chi connectivity index (χ2v) is 7.03. The van der Waals surface area contributed by atoms with Gasteiger partial charge in [-0.25, -0.2) is 0 Å². The van der Waals surface area contributed by atoms with Crippen LogP contribution in [0.15, 0.2) is 6.07 Å². The number of nitrogens with one attached hydrogen (secondary N) is 1. The van der Waals surface area contributed by atoms with Crippen LogP contribution in [0.2, 0.25) is 8.67 Å². The molecule has 3 atom stereocenters. The Morgan fingerprint density at radius 1 is 1.53 bits per heavy atom. The van der Waals surface area contributed by atoms with E-state index in [2.05, 4.69) is 12.2 Å². The summed E-state index contributed by atoms with van der Waals surface area (Å²) in [5, 5.41) is 12.9. The minimum atomic E-state index is -0.101. The summed E-state index contributed by atoms with van der Waals surface area (Å²) in [5.41, 5.74) is 1.07. The van der Waals surface area contributed by atoms with E-state index in [4.69, 9.17) is 23.2 Å². The number of hydrogen-bond donors (Lipinski definition) is 2. The van der Waals surface area contributed by atoms with Crippen molar-refractivity contribution in [2.45, 2.75) is 38.3 Å². The molecule has 3 unspecified atom stereocenters. The van der Waals surface area contributed by atoms with E-state index in [1.807, 2.05) is 6.07 Å². The van der Waals surface area contributed by atoms with Crippen molar-refractivity contribution in [1.82, 2.24) is 5.32 Å². The first-order chi connectivity index (χ1) is 8.06. The second kappa shape index (κ2) is 5.89. The zero-order valence-electron chi connectivity index (χ0n) is 9.75. The minimum Gasteiger partial charge on any atom is -0.393 e. The molecule has 5 heteroatoms. The van der Waals surface area contributed by atoms with Crippen molar-refractivity contribution in [3.63, 3.8) is 0 Å². The molecule has 1 heterocycles. The van der Waals surface area contributed by atoms with Gasteiger partial charge in [-0.05, 0) is 50.3 Å². The van der Waals surface area contributed by atoms with Crippen molar-refractivity contribution >= 4 is 34.5 Å². The van der Waals surface area contributed by atoms with Crippen LogP contribution >= 0.6 is 34.5 Å². The average Bonchev–Trinajstić information content (AvgIpc) is 2.81. The van der Waals surface area contributed by atoms with Crippen LogP contribution in [0.5, 0.6) is 0 Å². The maximum absolute atomic E-state index is 9.46. The number of aliphatic hydroxyl groups excluding tert-OH is 1. The van der Waals surface area contributed by atoms with E-state index in [0.29, 0.717) is 5.92 Å². The van der Waals surface area contributed by atoms with Gasteiger partial charge in [-0.15, -0.1) is 11.3 Å². The maximum atomic E-state index is 9.46. The van der Waals surface area contributed by atoms with Gasteiger partial charge in [0, 0.05) is 6.04 Å². The van der Waals surface area contributed by atoms with Crippen molar-refractivity contribution in [1.29, 1.82) is 0 Å². The Hall–Kier alpha value is 0.200. The van der Waals surface area contributed by atoms with E-state index in [9.17, 15) is 5.11 Å². The standard InChI is InChI=1S/C12H17Cl2NOS/c1-7(10-5-11(13)17-12(10)14)15-6-8-2-3-9(16)4-8/h5,7-9,15-16H,2-4,6H2,1H3. The molecule has 0 aromatic carbocycles. The van der Waals surface area contributed by atoms with Gasteiger partial charge in [-0.2, -0.15) is 0 Å². The van der Waals surface area contributed by atoms with Crippen LogP contribution in [0.4, 0.5) is 0 Å². The zero-order chi connectivity index (χ0) is 12.4. The van der Waals surface area contributed by atoms with Crippen LogP contribution in [-0.2, 0) is 0 Å². The highest BCUT2D eigenvalue weighted by Crippen LogP contribution is 2.35. The number of rotatable bonds is 4. The molecule has 2 rings (SSSR count). The summed E-state index contributed by atoms with van der Waals surface area (Å²) < 4.78 is 1.50. The quantitative estimate of drug-likeness (QED) is 0.883. The van der Waals surface area contributed by atoms with Gasteiger partial charge in [0.25, 0.3) is 0 Å². The van der Waals surface area contributed by atoms with E-state index in [-0.39, 0.29) is 12.1 Å². The third kappa shape index (κ3) is 3.58. The molecule has 1 aromatic heterocycles. The predicted molar refractivity (Wildman–Crippen MR) is 74.1 cm³/mol. The van der Waals surface area contributed by atoms with Crippen molar-refractivity contribution < 1.29 is 5.11 Å². The Morgan fingerprint density at radius 2 is 2.29 bits per heavy atom. The van der Waals surface area contributed by atoms with Gasteiger partial charge in [-0.3, -0.25) is 0 Å². The molecule has 0 radical (unpaired) electrons. The van der Waals surface area contributed by atoms with Gasteiger partial charge >= 0.3 is 0 Å². The summed E-state index contributed by atoms with van der Waals surface area (Å²) >= 11 is 13.4. The molecule has 1 aliphatic rings. The topological polar surface area (TPSA) is 32.3 Å². The molecule has 0 spiro atoms. The normalized spacial score (nSPS) is 26.4. The first kappa shape index (κ1) is 13.6. The number of halogens is 2. The lowest BCUT2D eigenvalue weighted by Gasteiger charge is -2.16. The second-order valence-electron chi connectivity index (χ2n) is 4.74. The van der Waals surface area contributed by atoms with Gasteiger partial charge < -0.3 is 10.4 Å². The third-order valence-electron chi connectivity index (χ3n) is 3.38. The van der Waals surface area contributed by atoms with E-state index in [1.165, 1.54) is 11.3 Å². The van der Waals surface area contributed by atoms with Gasteiger partial charge in [0.15, 0.2) is 0 Å². The van der Waals surface area contributed by atoms with Crippen LogP contribution in [0.25, 0.3) is 0 Å². The van der Waals surface area contributed by atoms with Gasteiger partial charge in [0.05, 0.1) is 14.8 Å². The Labute approximate surface area is 116 Å². The summed E-state index contributed by atoms with van der Waals surface area (Å²) in [5.74, 6) is 0.584. The minimum absolute atomic E-state index is 0.101. The van der Waals surface area contributed by atoms with Crippen molar-refractivity contribution in [2.75, 3.05) is 6.54 Å². The first-order valence-corrected chi connectivity index (χ1v) is 7.49. The summed E-state index contributed by atoms with van der Waals surface area (Å²) in [7, 11) is 0. The highest BCUT2D eigenvalue weighted by molar-refractivity contribution is 7.20. The van der Waals surface area contributed by atoms with Crippen LogP contribution in [0.3, 0.4) is 0 Å². The van der Waals surface area contributed by atoms with E-state index in [0.717, 1.165) is 40.0 Å². The number of aliphatic hydroxyl groups is 1. The van der Waals surface area contributed by atoms with E-state index < -0.39 is 0 Å². The smallest absolute Gasteiger partial charge is 0.0991 e. The van der Waals surface area contributed by atoms with Crippen molar-refractivity contribution in [3.8, 4) is 0 Å². The molecule has 96 valence electrons. The molecule has 1 saturated carbocycles. The van der Waals surface area contributed by atoms with Crippen LogP contribution in [-0.4, -0.2) is 17.8 Å². The van der Waals surface area contributed by atoms with E-state index >= 15 is 0 Å². The summed E-state index contributed by atoms with van der Waals surface area (Å²) in [6.07, 6.45) is 2.86. The molecular weight excluding hydrogens is 277 g/mol. The molecule has 1 fully saturated rings. The van der Waals surface area contributed by atoms with Crippen LogP contribution in [0, 0.1) is 5.92 Å². The molecule has 1 aliphatic carbocycles. The SMILES string of the molecule is CC(NCC1CCC(O)C1)c1cc(Cl)sc1Cl. The van der Waals surface area contributed by atoms with Gasteiger partial charge in [0.2, 0.25) is 0 Å². The summed E-state index contributed by atoms with van der Waals surface area (Å²) in [6, 6.07) is 2.14. The lowest BCUT2D eigenvalue weighted by atomic mass is 10.1. The first-order valence-electron chi connectivity index (χ1n) is 5.92. The van der Waals surface area contributed by atoms with Crippen LogP contribution < -0.4 is 5.32 Å². The largest absolute Gasteiger partial charge is 0.393 e. The van der Waals surface area contributed by atoms with Gasteiger partial charge in [0.1, 0.15) is 0 Å². The lowest BCUT2D eigenvalue weighted by Crippen LogP contribution is -2.24. The molecule has 2 nitrogen and oxygen atoms in total.